The average molecular weight is 446 g/mol. The number of nitrogens with one attached hydrogen (secondary N) is 1. The summed E-state index contributed by atoms with van der Waals surface area (Å²) < 4.78 is 7.09. The molecule has 29 heavy (non-hydrogen) atoms. The number of benzene rings is 4. The fourth-order valence-electron chi connectivity index (χ4n) is 3.47. The lowest BCUT2D eigenvalue weighted by molar-refractivity contribution is 0.305. The Hall–Kier alpha value is -2.78. The first-order valence-electron chi connectivity index (χ1n) is 9.79. The number of rotatable bonds is 6. The van der Waals surface area contributed by atoms with Crippen LogP contribution in [0, 0.1) is 13.8 Å². The van der Waals surface area contributed by atoms with Gasteiger partial charge in [-0.1, -0.05) is 60.7 Å². The Morgan fingerprint density at radius 3 is 2.55 bits per heavy atom. The molecule has 4 aromatic carbocycles. The Morgan fingerprint density at radius 1 is 0.862 bits per heavy atom. The third-order valence-corrected chi connectivity index (χ3v) is 5.76. The van der Waals surface area contributed by atoms with Gasteiger partial charge >= 0.3 is 0 Å². The fourth-order valence-corrected chi connectivity index (χ4v) is 4.01. The minimum atomic E-state index is 0.542. The van der Waals surface area contributed by atoms with E-state index < -0.39 is 0 Å². The largest absolute Gasteiger partial charge is 0.488 e. The molecule has 0 aliphatic rings. The van der Waals surface area contributed by atoms with E-state index in [0.717, 1.165) is 16.8 Å². The first kappa shape index (κ1) is 19.5. The van der Waals surface area contributed by atoms with Crippen molar-refractivity contribution in [1.29, 1.82) is 0 Å². The van der Waals surface area contributed by atoms with E-state index in [4.69, 9.17) is 4.74 Å². The molecule has 0 radical (unpaired) electrons. The SMILES string of the molecule is Cc1ccc(C)c(NCc2ccc(OCc3cccc4ccccc34)c(Br)c2)c1. The summed E-state index contributed by atoms with van der Waals surface area (Å²) in [6.45, 7) is 5.55. The maximum Gasteiger partial charge on any atom is 0.134 e. The van der Waals surface area contributed by atoms with Crippen molar-refractivity contribution in [2.45, 2.75) is 27.0 Å². The van der Waals surface area contributed by atoms with Crippen molar-refractivity contribution in [2.24, 2.45) is 0 Å². The molecule has 146 valence electrons. The van der Waals surface area contributed by atoms with Crippen LogP contribution in [0.3, 0.4) is 0 Å². The maximum absolute atomic E-state index is 6.12. The zero-order valence-corrected chi connectivity index (χ0v) is 18.3. The lowest BCUT2D eigenvalue weighted by atomic mass is 10.1. The van der Waals surface area contributed by atoms with Crippen LogP contribution in [0.5, 0.6) is 5.75 Å². The van der Waals surface area contributed by atoms with Crippen LogP contribution in [0.15, 0.2) is 83.3 Å². The van der Waals surface area contributed by atoms with E-state index in [2.05, 4.69) is 108 Å². The number of halogens is 1. The molecule has 4 rings (SSSR count). The Balaban J connectivity index is 1.44. The lowest BCUT2D eigenvalue weighted by Crippen LogP contribution is -2.02. The summed E-state index contributed by atoms with van der Waals surface area (Å²) in [7, 11) is 0. The number of fused-ring (bicyclic) bond motifs is 1. The quantitative estimate of drug-likeness (QED) is 0.333. The van der Waals surface area contributed by atoms with Crippen LogP contribution in [-0.4, -0.2) is 0 Å². The van der Waals surface area contributed by atoms with Crippen molar-refractivity contribution in [3.63, 3.8) is 0 Å². The standard InChI is InChI=1S/C26H24BrNO/c1-18-10-11-19(2)25(14-18)28-16-20-12-13-26(24(27)15-20)29-17-22-8-5-7-21-6-3-4-9-23(21)22/h3-15,28H,16-17H2,1-2H3. The van der Waals surface area contributed by atoms with Crippen molar-refractivity contribution in [3.05, 3.63) is 106 Å². The van der Waals surface area contributed by atoms with Gasteiger partial charge in [0.1, 0.15) is 12.4 Å². The summed E-state index contributed by atoms with van der Waals surface area (Å²) in [5.74, 6) is 0.855. The van der Waals surface area contributed by atoms with E-state index in [1.165, 1.54) is 38.7 Å². The van der Waals surface area contributed by atoms with Gasteiger partial charge in [-0.05, 0) is 81.0 Å². The highest BCUT2D eigenvalue weighted by atomic mass is 79.9. The second-order valence-corrected chi connectivity index (χ2v) is 8.22. The van der Waals surface area contributed by atoms with E-state index in [9.17, 15) is 0 Å². The van der Waals surface area contributed by atoms with Gasteiger partial charge in [0.15, 0.2) is 0 Å². The summed E-state index contributed by atoms with van der Waals surface area (Å²) in [5, 5.41) is 6.01. The zero-order chi connectivity index (χ0) is 20.2. The summed E-state index contributed by atoms with van der Waals surface area (Å²) in [5.41, 5.74) is 6.09. The topological polar surface area (TPSA) is 21.3 Å². The molecule has 0 unspecified atom stereocenters. The molecule has 0 heterocycles. The first-order valence-corrected chi connectivity index (χ1v) is 10.6. The van der Waals surface area contributed by atoms with Crippen LogP contribution < -0.4 is 10.1 Å². The van der Waals surface area contributed by atoms with Crippen LogP contribution >= 0.6 is 15.9 Å². The van der Waals surface area contributed by atoms with Crippen LogP contribution in [0.4, 0.5) is 5.69 Å². The molecule has 0 bridgehead atoms. The van der Waals surface area contributed by atoms with Gasteiger partial charge in [-0.25, -0.2) is 0 Å². The van der Waals surface area contributed by atoms with Gasteiger partial charge in [0.25, 0.3) is 0 Å². The highest BCUT2D eigenvalue weighted by molar-refractivity contribution is 9.10. The summed E-state index contributed by atoms with van der Waals surface area (Å²) in [6.07, 6.45) is 0. The maximum atomic E-state index is 6.12. The summed E-state index contributed by atoms with van der Waals surface area (Å²) in [6, 6.07) is 27.5. The molecule has 0 saturated carbocycles. The molecule has 0 amide bonds. The van der Waals surface area contributed by atoms with Gasteiger partial charge in [-0.3, -0.25) is 0 Å². The van der Waals surface area contributed by atoms with Crippen LogP contribution in [0.25, 0.3) is 10.8 Å². The molecule has 0 fully saturated rings. The minimum Gasteiger partial charge on any atom is -0.488 e. The molecule has 0 aliphatic heterocycles. The van der Waals surface area contributed by atoms with Gasteiger partial charge in [-0.15, -0.1) is 0 Å². The Kier molecular flexibility index (Phi) is 5.86. The van der Waals surface area contributed by atoms with E-state index in [1.54, 1.807) is 0 Å². The molecule has 1 N–H and O–H groups in total. The Labute approximate surface area is 180 Å². The summed E-state index contributed by atoms with van der Waals surface area (Å²) in [4.78, 5) is 0. The second-order valence-electron chi connectivity index (χ2n) is 7.36. The van der Waals surface area contributed by atoms with Gasteiger partial charge in [0.2, 0.25) is 0 Å². The zero-order valence-electron chi connectivity index (χ0n) is 16.7. The van der Waals surface area contributed by atoms with Crippen molar-refractivity contribution in [3.8, 4) is 5.75 Å². The lowest BCUT2D eigenvalue weighted by Gasteiger charge is -2.13. The summed E-state index contributed by atoms with van der Waals surface area (Å²) >= 11 is 3.67. The molecule has 3 heteroatoms. The minimum absolute atomic E-state index is 0.542. The second kappa shape index (κ2) is 8.71. The molecule has 0 aromatic heterocycles. The molecule has 0 spiro atoms. The first-order chi connectivity index (χ1) is 14.1. The fraction of sp³-hybridized carbons (Fsp3) is 0.154. The smallest absolute Gasteiger partial charge is 0.134 e. The van der Waals surface area contributed by atoms with Crippen LogP contribution in [0.1, 0.15) is 22.3 Å². The molecule has 0 saturated heterocycles. The van der Waals surface area contributed by atoms with Crippen molar-refractivity contribution in [2.75, 3.05) is 5.32 Å². The molecule has 2 nitrogen and oxygen atoms in total. The van der Waals surface area contributed by atoms with Crippen LogP contribution in [-0.2, 0) is 13.2 Å². The number of ether oxygens (including phenoxy) is 1. The van der Waals surface area contributed by atoms with E-state index in [1.807, 2.05) is 6.07 Å². The van der Waals surface area contributed by atoms with Gasteiger partial charge in [0.05, 0.1) is 4.47 Å². The van der Waals surface area contributed by atoms with Crippen LogP contribution in [0.2, 0.25) is 0 Å². The highest BCUT2D eigenvalue weighted by Crippen LogP contribution is 2.28. The van der Waals surface area contributed by atoms with E-state index in [0.29, 0.717) is 6.61 Å². The van der Waals surface area contributed by atoms with Crippen molar-refractivity contribution >= 4 is 32.4 Å². The predicted molar refractivity (Wildman–Crippen MR) is 126 cm³/mol. The Bertz CT molecular complexity index is 1150. The number of aryl methyl sites for hydroxylation is 2. The van der Waals surface area contributed by atoms with E-state index >= 15 is 0 Å². The predicted octanol–water partition coefficient (Wildman–Crippen LogP) is 7.41. The third-order valence-electron chi connectivity index (χ3n) is 5.14. The monoisotopic (exact) mass is 445 g/mol. The van der Waals surface area contributed by atoms with Crippen molar-refractivity contribution < 1.29 is 4.74 Å². The number of hydrogen-bond donors (Lipinski definition) is 1. The van der Waals surface area contributed by atoms with Gasteiger partial charge < -0.3 is 10.1 Å². The molecular formula is C26H24BrNO. The number of anilines is 1. The molecular weight excluding hydrogens is 422 g/mol. The molecule has 4 aromatic rings. The highest BCUT2D eigenvalue weighted by Gasteiger charge is 2.06. The molecule has 0 aliphatic carbocycles. The van der Waals surface area contributed by atoms with Crippen molar-refractivity contribution in [1.82, 2.24) is 0 Å². The molecule has 0 atom stereocenters. The number of hydrogen-bond acceptors (Lipinski definition) is 2. The van der Waals surface area contributed by atoms with Gasteiger partial charge in [0, 0.05) is 12.2 Å². The Morgan fingerprint density at radius 2 is 1.69 bits per heavy atom. The van der Waals surface area contributed by atoms with E-state index in [-0.39, 0.29) is 0 Å². The van der Waals surface area contributed by atoms with Gasteiger partial charge in [-0.2, -0.15) is 0 Å². The average Bonchev–Trinajstić information content (AvgIpc) is 2.73. The normalized spacial score (nSPS) is 10.9. The third kappa shape index (κ3) is 4.63.